The minimum absolute atomic E-state index is 0.119. The van der Waals surface area contributed by atoms with Crippen LogP contribution in [-0.2, 0) is 12.0 Å². The molecule has 1 atom stereocenters. The first kappa shape index (κ1) is 15.4. The summed E-state index contributed by atoms with van der Waals surface area (Å²) in [7, 11) is 2.10. The van der Waals surface area contributed by atoms with Gasteiger partial charge in [-0.2, -0.15) is 0 Å². The maximum absolute atomic E-state index is 14.8. The number of rotatable bonds is 1. The summed E-state index contributed by atoms with van der Waals surface area (Å²) in [6.45, 7) is 6.07. The Balaban J connectivity index is 2.10. The van der Waals surface area contributed by atoms with E-state index in [1.54, 1.807) is 6.07 Å². The molecule has 4 heteroatoms. The summed E-state index contributed by atoms with van der Waals surface area (Å²) < 4.78 is 15.2. The van der Waals surface area contributed by atoms with Crippen LogP contribution in [0.1, 0.15) is 37.8 Å². The quantitative estimate of drug-likeness (QED) is 0.830. The molecule has 0 bridgehead atoms. The summed E-state index contributed by atoms with van der Waals surface area (Å²) >= 11 is 3.28. The number of fused-ring (bicyclic) bond motifs is 1. The van der Waals surface area contributed by atoms with Crippen LogP contribution in [0.5, 0.6) is 0 Å². The van der Waals surface area contributed by atoms with Gasteiger partial charge in [-0.25, -0.2) is 4.39 Å². The molecule has 1 aromatic rings. The van der Waals surface area contributed by atoms with E-state index in [0.717, 1.165) is 37.9 Å². The van der Waals surface area contributed by atoms with E-state index in [0.29, 0.717) is 10.0 Å². The first-order chi connectivity index (χ1) is 9.77. The fourth-order valence-corrected chi connectivity index (χ4v) is 4.61. The van der Waals surface area contributed by atoms with E-state index in [1.165, 1.54) is 0 Å². The van der Waals surface area contributed by atoms with Crippen molar-refractivity contribution in [2.75, 3.05) is 20.1 Å². The zero-order valence-corrected chi connectivity index (χ0v) is 14.5. The third kappa shape index (κ3) is 2.18. The molecule has 116 valence electrons. The van der Waals surface area contributed by atoms with Gasteiger partial charge in [0.25, 0.3) is 0 Å². The van der Waals surface area contributed by atoms with Crippen molar-refractivity contribution in [1.82, 2.24) is 4.90 Å². The molecule has 2 aliphatic rings. The molecule has 21 heavy (non-hydrogen) atoms. The van der Waals surface area contributed by atoms with Crippen LogP contribution in [0.3, 0.4) is 0 Å². The lowest BCUT2D eigenvalue weighted by Crippen LogP contribution is -2.49. The largest absolute Gasteiger partial charge is 0.384 e. The van der Waals surface area contributed by atoms with E-state index in [4.69, 9.17) is 0 Å². The van der Waals surface area contributed by atoms with Gasteiger partial charge in [-0.15, -0.1) is 0 Å². The first-order valence-corrected chi connectivity index (χ1v) is 8.45. The lowest BCUT2D eigenvalue weighted by molar-refractivity contribution is -0.123. The van der Waals surface area contributed by atoms with Crippen LogP contribution in [0.4, 0.5) is 4.39 Å². The van der Waals surface area contributed by atoms with Crippen molar-refractivity contribution in [2.45, 2.75) is 38.7 Å². The van der Waals surface area contributed by atoms with Crippen LogP contribution in [0.2, 0.25) is 0 Å². The predicted octanol–water partition coefficient (Wildman–Crippen LogP) is 3.70. The monoisotopic (exact) mass is 355 g/mol. The zero-order valence-electron chi connectivity index (χ0n) is 12.9. The Morgan fingerprint density at radius 1 is 1.29 bits per heavy atom. The van der Waals surface area contributed by atoms with E-state index < -0.39 is 5.60 Å². The number of halogens is 2. The topological polar surface area (TPSA) is 23.5 Å². The first-order valence-electron chi connectivity index (χ1n) is 7.65. The number of benzene rings is 1. The molecule has 1 N–H and O–H groups in total. The number of likely N-dealkylation sites (tertiary alicyclic amines) is 1. The van der Waals surface area contributed by atoms with Crippen LogP contribution >= 0.6 is 15.9 Å². The Bertz CT molecular complexity index is 566. The van der Waals surface area contributed by atoms with Gasteiger partial charge >= 0.3 is 0 Å². The molecular weight excluding hydrogens is 333 g/mol. The van der Waals surface area contributed by atoms with E-state index in [1.807, 2.05) is 6.07 Å². The van der Waals surface area contributed by atoms with Gasteiger partial charge in [-0.3, -0.25) is 0 Å². The Labute approximate surface area is 134 Å². The molecule has 1 saturated heterocycles. The van der Waals surface area contributed by atoms with E-state index in [-0.39, 0.29) is 17.2 Å². The van der Waals surface area contributed by atoms with Crippen molar-refractivity contribution in [3.05, 3.63) is 33.5 Å². The third-order valence-corrected chi connectivity index (χ3v) is 6.15. The number of aliphatic hydroxyl groups is 1. The highest BCUT2D eigenvalue weighted by molar-refractivity contribution is 9.10. The second-order valence-corrected chi connectivity index (χ2v) is 8.15. The van der Waals surface area contributed by atoms with E-state index in [2.05, 4.69) is 41.7 Å². The smallest absolute Gasteiger partial charge is 0.143 e. The average molecular weight is 356 g/mol. The molecule has 3 rings (SSSR count). The minimum atomic E-state index is -1.07. The maximum atomic E-state index is 14.8. The lowest BCUT2D eigenvalue weighted by Gasteiger charge is -2.46. The van der Waals surface area contributed by atoms with E-state index in [9.17, 15) is 9.50 Å². The molecule has 2 nitrogen and oxygen atoms in total. The normalized spacial score (nSPS) is 29.6. The molecule has 1 aromatic carbocycles. The Morgan fingerprint density at radius 2 is 1.90 bits per heavy atom. The molecule has 1 fully saturated rings. The molecule has 1 unspecified atom stereocenters. The highest BCUT2D eigenvalue weighted by Gasteiger charge is 2.57. The average Bonchev–Trinajstić information content (AvgIpc) is 2.63. The number of nitrogens with zero attached hydrogens (tertiary/aromatic N) is 1. The summed E-state index contributed by atoms with van der Waals surface area (Å²) in [4.78, 5) is 2.28. The van der Waals surface area contributed by atoms with Gasteiger partial charge in [0.05, 0.1) is 4.47 Å². The van der Waals surface area contributed by atoms with Crippen molar-refractivity contribution in [1.29, 1.82) is 0 Å². The molecular formula is C17H23BrFNO. The maximum Gasteiger partial charge on any atom is 0.143 e. The van der Waals surface area contributed by atoms with Gasteiger partial charge in [0.1, 0.15) is 11.4 Å². The van der Waals surface area contributed by atoms with Crippen LogP contribution in [0.15, 0.2) is 16.6 Å². The van der Waals surface area contributed by atoms with Crippen LogP contribution < -0.4 is 0 Å². The summed E-state index contributed by atoms with van der Waals surface area (Å²) in [5.41, 5.74) is 0.0909. The lowest BCUT2D eigenvalue weighted by atomic mass is 9.65. The SMILES string of the molecule is CN1CCC(C2(O)c3c(ccc(Br)c3F)CC2(C)C)CC1. The summed E-state index contributed by atoms with van der Waals surface area (Å²) in [6.07, 6.45) is 2.57. The summed E-state index contributed by atoms with van der Waals surface area (Å²) in [5, 5.41) is 11.6. The number of hydrogen-bond acceptors (Lipinski definition) is 2. The molecule has 0 radical (unpaired) electrons. The van der Waals surface area contributed by atoms with Gasteiger partial charge < -0.3 is 10.0 Å². The Hall–Kier alpha value is -0.450. The summed E-state index contributed by atoms with van der Waals surface area (Å²) in [6, 6.07) is 3.71. The summed E-state index contributed by atoms with van der Waals surface area (Å²) in [5.74, 6) is -0.159. The number of hydrogen-bond donors (Lipinski definition) is 1. The Kier molecular flexibility index (Phi) is 3.70. The predicted molar refractivity (Wildman–Crippen MR) is 85.7 cm³/mol. The molecule has 1 aliphatic carbocycles. The highest BCUT2D eigenvalue weighted by Crippen LogP contribution is 2.57. The van der Waals surface area contributed by atoms with Gasteiger partial charge in [0.2, 0.25) is 0 Å². The van der Waals surface area contributed by atoms with Gasteiger partial charge in [-0.05, 0) is 72.9 Å². The van der Waals surface area contributed by atoms with Gasteiger partial charge in [-0.1, -0.05) is 19.9 Å². The fraction of sp³-hybridized carbons (Fsp3) is 0.647. The second-order valence-electron chi connectivity index (χ2n) is 7.30. The number of piperidine rings is 1. The van der Waals surface area contributed by atoms with Crippen LogP contribution in [-0.4, -0.2) is 30.1 Å². The third-order valence-electron chi connectivity index (χ3n) is 5.54. The molecule has 0 saturated carbocycles. The Morgan fingerprint density at radius 3 is 2.52 bits per heavy atom. The zero-order chi connectivity index (χ0) is 15.4. The second kappa shape index (κ2) is 5.04. The fourth-order valence-electron chi connectivity index (χ4n) is 4.28. The van der Waals surface area contributed by atoms with Crippen molar-refractivity contribution in [3.8, 4) is 0 Å². The van der Waals surface area contributed by atoms with Gasteiger partial charge in [0.15, 0.2) is 0 Å². The standard InChI is InChI=1S/C17H23BrFNO/c1-16(2)10-11-4-5-13(18)15(19)14(11)17(16,21)12-6-8-20(3)9-7-12/h4-5,12,21H,6-10H2,1-3H3. The van der Waals surface area contributed by atoms with Crippen LogP contribution in [0, 0.1) is 17.2 Å². The van der Waals surface area contributed by atoms with Crippen molar-refractivity contribution in [3.63, 3.8) is 0 Å². The minimum Gasteiger partial charge on any atom is -0.384 e. The van der Waals surface area contributed by atoms with Crippen molar-refractivity contribution < 1.29 is 9.50 Å². The van der Waals surface area contributed by atoms with Crippen LogP contribution in [0.25, 0.3) is 0 Å². The molecule has 1 aliphatic heterocycles. The molecule has 0 amide bonds. The van der Waals surface area contributed by atoms with Crippen molar-refractivity contribution >= 4 is 15.9 Å². The van der Waals surface area contributed by atoms with E-state index >= 15 is 0 Å². The molecule has 0 aromatic heterocycles. The molecule has 0 spiro atoms. The highest BCUT2D eigenvalue weighted by atomic mass is 79.9. The van der Waals surface area contributed by atoms with Gasteiger partial charge in [0, 0.05) is 11.0 Å². The van der Waals surface area contributed by atoms with Crippen molar-refractivity contribution in [2.24, 2.45) is 11.3 Å². The molecule has 1 heterocycles.